The molecule has 3 rings (SSSR count). The van der Waals surface area contributed by atoms with Crippen molar-refractivity contribution < 1.29 is 13.2 Å². The summed E-state index contributed by atoms with van der Waals surface area (Å²) in [4.78, 5) is 17.1. The van der Waals surface area contributed by atoms with Crippen LogP contribution in [0.5, 0.6) is 0 Å². The normalized spacial score (nSPS) is 16.1. The second-order valence-electron chi connectivity index (χ2n) is 7.45. The van der Waals surface area contributed by atoms with Gasteiger partial charge in [-0.05, 0) is 36.2 Å². The summed E-state index contributed by atoms with van der Waals surface area (Å²) in [7, 11) is -3.86. The molecule has 0 aliphatic carbocycles. The van der Waals surface area contributed by atoms with E-state index in [1.54, 1.807) is 17.0 Å². The zero-order chi connectivity index (χ0) is 21.0. The largest absolute Gasteiger partial charge is 0.368 e. The number of rotatable bonds is 6. The summed E-state index contributed by atoms with van der Waals surface area (Å²) in [5, 5.41) is 0.331. The van der Waals surface area contributed by atoms with Crippen molar-refractivity contribution in [2.75, 3.05) is 31.1 Å². The van der Waals surface area contributed by atoms with Crippen LogP contribution in [0, 0.1) is 5.92 Å². The average Bonchev–Trinajstić information content (AvgIpc) is 2.72. The SMILES string of the molecule is CC(C)[C@H](NS(=O)(=O)c1cccc(Cl)c1)C(=O)N1CCN(c2ccccc2)CC1. The molecule has 0 radical (unpaired) electrons. The Bertz CT molecular complexity index is 943. The van der Waals surface area contributed by atoms with Gasteiger partial charge in [-0.15, -0.1) is 0 Å². The predicted octanol–water partition coefficient (Wildman–Crippen LogP) is 2.99. The molecule has 1 N–H and O–H groups in total. The molecule has 1 saturated heterocycles. The van der Waals surface area contributed by atoms with Gasteiger partial charge in [-0.3, -0.25) is 4.79 Å². The first-order valence-electron chi connectivity index (χ1n) is 9.64. The fourth-order valence-electron chi connectivity index (χ4n) is 3.36. The molecule has 1 atom stereocenters. The number of halogens is 1. The summed E-state index contributed by atoms with van der Waals surface area (Å²) in [6.07, 6.45) is 0. The van der Waals surface area contributed by atoms with Gasteiger partial charge in [0.2, 0.25) is 15.9 Å². The lowest BCUT2D eigenvalue weighted by molar-refractivity contribution is -0.134. The monoisotopic (exact) mass is 435 g/mol. The van der Waals surface area contributed by atoms with Crippen molar-refractivity contribution in [2.24, 2.45) is 5.92 Å². The summed E-state index contributed by atoms with van der Waals surface area (Å²) in [6.45, 7) is 6.20. The van der Waals surface area contributed by atoms with Crippen LogP contribution in [0.25, 0.3) is 0 Å². The lowest BCUT2D eigenvalue weighted by Gasteiger charge is -2.38. The van der Waals surface area contributed by atoms with Crippen LogP contribution in [0.15, 0.2) is 59.5 Å². The van der Waals surface area contributed by atoms with Gasteiger partial charge >= 0.3 is 0 Å². The van der Waals surface area contributed by atoms with Crippen molar-refractivity contribution >= 4 is 33.2 Å². The molecule has 0 unspecified atom stereocenters. The number of hydrogen-bond acceptors (Lipinski definition) is 4. The van der Waals surface area contributed by atoms with Gasteiger partial charge in [0.25, 0.3) is 0 Å². The highest BCUT2D eigenvalue weighted by Gasteiger charge is 2.33. The lowest BCUT2D eigenvalue weighted by atomic mass is 10.0. The molecule has 2 aromatic rings. The Hall–Kier alpha value is -2.09. The molecule has 0 aromatic heterocycles. The third-order valence-electron chi connectivity index (χ3n) is 5.03. The fraction of sp³-hybridized carbons (Fsp3) is 0.381. The van der Waals surface area contributed by atoms with Crippen molar-refractivity contribution in [1.29, 1.82) is 0 Å². The Morgan fingerprint density at radius 2 is 1.66 bits per heavy atom. The Balaban J connectivity index is 1.69. The molecule has 1 heterocycles. The highest BCUT2D eigenvalue weighted by Crippen LogP contribution is 2.19. The first-order chi connectivity index (χ1) is 13.8. The summed E-state index contributed by atoms with van der Waals surface area (Å²) in [5.74, 6) is -0.387. The molecule has 29 heavy (non-hydrogen) atoms. The molecule has 1 aliphatic rings. The Kier molecular flexibility index (Phi) is 6.82. The summed E-state index contributed by atoms with van der Waals surface area (Å²) in [6, 6.07) is 15.3. The number of amides is 1. The van der Waals surface area contributed by atoms with Gasteiger partial charge in [-0.25, -0.2) is 8.42 Å². The topological polar surface area (TPSA) is 69.7 Å². The van der Waals surface area contributed by atoms with E-state index in [0.717, 1.165) is 5.69 Å². The van der Waals surface area contributed by atoms with Gasteiger partial charge in [-0.2, -0.15) is 4.72 Å². The van der Waals surface area contributed by atoms with Crippen LogP contribution < -0.4 is 9.62 Å². The van der Waals surface area contributed by atoms with Crippen molar-refractivity contribution in [1.82, 2.24) is 9.62 Å². The minimum Gasteiger partial charge on any atom is -0.368 e. The summed E-state index contributed by atoms with van der Waals surface area (Å²) in [5.41, 5.74) is 1.13. The van der Waals surface area contributed by atoms with Crippen molar-refractivity contribution in [2.45, 2.75) is 24.8 Å². The molecule has 0 spiro atoms. The number of carbonyl (C=O) groups excluding carboxylic acids is 1. The van der Waals surface area contributed by atoms with Gasteiger partial charge in [0, 0.05) is 36.9 Å². The highest BCUT2D eigenvalue weighted by atomic mass is 35.5. The molecule has 6 nitrogen and oxygen atoms in total. The van der Waals surface area contributed by atoms with E-state index >= 15 is 0 Å². The second kappa shape index (κ2) is 9.15. The van der Waals surface area contributed by atoms with E-state index in [2.05, 4.69) is 9.62 Å². The van der Waals surface area contributed by atoms with Crippen LogP contribution >= 0.6 is 11.6 Å². The Morgan fingerprint density at radius 1 is 1.00 bits per heavy atom. The number of para-hydroxylation sites is 1. The van der Waals surface area contributed by atoms with Crippen LogP contribution in [-0.4, -0.2) is 51.4 Å². The number of benzene rings is 2. The predicted molar refractivity (Wildman–Crippen MR) is 116 cm³/mol. The average molecular weight is 436 g/mol. The maximum atomic E-state index is 13.1. The third-order valence-corrected chi connectivity index (χ3v) is 6.71. The molecular weight excluding hydrogens is 410 g/mol. The molecule has 0 bridgehead atoms. The smallest absolute Gasteiger partial charge is 0.241 e. The number of nitrogens with zero attached hydrogens (tertiary/aromatic N) is 2. The number of piperazine rings is 1. The molecule has 1 fully saturated rings. The maximum Gasteiger partial charge on any atom is 0.241 e. The second-order valence-corrected chi connectivity index (χ2v) is 9.60. The quantitative estimate of drug-likeness (QED) is 0.757. The maximum absolute atomic E-state index is 13.1. The number of carbonyl (C=O) groups is 1. The van der Waals surface area contributed by atoms with E-state index in [-0.39, 0.29) is 16.7 Å². The molecule has 1 aliphatic heterocycles. The Morgan fingerprint density at radius 3 is 2.24 bits per heavy atom. The van der Waals surface area contributed by atoms with E-state index in [1.165, 1.54) is 12.1 Å². The van der Waals surface area contributed by atoms with Gasteiger partial charge in [0.1, 0.15) is 6.04 Å². The van der Waals surface area contributed by atoms with Crippen molar-refractivity contribution in [3.63, 3.8) is 0 Å². The molecule has 1 amide bonds. The van der Waals surface area contributed by atoms with Crippen molar-refractivity contribution in [3.05, 3.63) is 59.6 Å². The number of anilines is 1. The van der Waals surface area contributed by atoms with Crippen LogP contribution in [-0.2, 0) is 14.8 Å². The van der Waals surface area contributed by atoms with Gasteiger partial charge in [0.15, 0.2) is 0 Å². The molecule has 156 valence electrons. The Labute approximate surface area is 177 Å². The van der Waals surface area contributed by atoms with Crippen LogP contribution in [0.4, 0.5) is 5.69 Å². The van der Waals surface area contributed by atoms with Crippen LogP contribution in [0.3, 0.4) is 0 Å². The van der Waals surface area contributed by atoms with E-state index in [0.29, 0.717) is 31.2 Å². The van der Waals surface area contributed by atoms with E-state index < -0.39 is 16.1 Å². The minimum atomic E-state index is -3.86. The van der Waals surface area contributed by atoms with Crippen molar-refractivity contribution in [3.8, 4) is 0 Å². The highest BCUT2D eigenvalue weighted by molar-refractivity contribution is 7.89. The first-order valence-corrected chi connectivity index (χ1v) is 11.5. The molecule has 0 saturated carbocycles. The molecule has 8 heteroatoms. The van der Waals surface area contributed by atoms with Gasteiger partial charge in [0.05, 0.1) is 4.90 Å². The summed E-state index contributed by atoms with van der Waals surface area (Å²) >= 11 is 5.93. The molecule has 2 aromatic carbocycles. The minimum absolute atomic E-state index is 0.0531. The first kappa shape index (κ1) is 21.6. The zero-order valence-electron chi connectivity index (χ0n) is 16.6. The third kappa shape index (κ3) is 5.29. The number of hydrogen-bond donors (Lipinski definition) is 1. The van der Waals surface area contributed by atoms with Crippen LogP contribution in [0.2, 0.25) is 5.02 Å². The lowest BCUT2D eigenvalue weighted by Crippen LogP contribution is -2.56. The van der Waals surface area contributed by atoms with E-state index in [4.69, 9.17) is 11.6 Å². The standard InChI is InChI=1S/C21H26ClN3O3S/c1-16(2)20(23-29(27,28)19-10-6-7-17(22)15-19)21(26)25-13-11-24(12-14-25)18-8-4-3-5-9-18/h3-10,15-16,20,23H,11-14H2,1-2H3/t20-/m0/s1. The number of nitrogens with one attached hydrogen (secondary N) is 1. The van der Waals surface area contributed by atoms with Gasteiger partial charge in [-0.1, -0.05) is 49.7 Å². The fourth-order valence-corrected chi connectivity index (χ4v) is 5.00. The van der Waals surface area contributed by atoms with Crippen LogP contribution in [0.1, 0.15) is 13.8 Å². The van der Waals surface area contributed by atoms with Gasteiger partial charge < -0.3 is 9.80 Å². The van der Waals surface area contributed by atoms with E-state index in [1.807, 2.05) is 44.2 Å². The molecular formula is C21H26ClN3O3S. The number of sulfonamides is 1. The zero-order valence-corrected chi connectivity index (χ0v) is 18.2. The van der Waals surface area contributed by atoms with E-state index in [9.17, 15) is 13.2 Å². The summed E-state index contributed by atoms with van der Waals surface area (Å²) < 4.78 is 28.1.